The van der Waals surface area contributed by atoms with Gasteiger partial charge in [-0.2, -0.15) is 0 Å². The first kappa shape index (κ1) is 15.9. The first-order chi connectivity index (χ1) is 10.2. The summed E-state index contributed by atoms with van der Waals surface area (Å²) in [5.74, 6) is 0. The molecular formula is C19H26PSi2+. The third-order valence-corrected chi connectivity index (χ3v) is 13.0. The van der Waals surface area contributed by atoms with Crippen molar-refractivity contribution in [3.63, 3.8) is 0 Å². The third kappa shape index (κ3) is 2.80. The molecule has 2 aliphatic rings. The van der Waals surface area contributed by atoms with Gasteiger partial charge in [-0.05, 0) is 24.3 Å². The topological polar surface area (TPSA) is 0 Å². The van der Waals surface area contributed by atoms with E-state index in [-0.39, 0.29) is 7.55 Å². The molecule has 0 fully saturated rings. The Bertz CT molecular complexity index is 736. The van der Waals surface area contributed by atoms with Gasteiger partial charge >= 0.3 is 0 Å². The lowest BCUT2D eigenvalue weighted by Crippen LogP contribution is -2.31. The summed E-state index contributed by atoms with van der Waals surface area (Å²) < 4.78 is 0. The van der Waals surface area contributed by atoms with Gasteiger partial charge in [0.15, 0.2) is 18.2 Å². The van der Waals surface area contributed by atoms with Crippen LogP contribution in [0.15, 0.2) is 64.6 Å². The number of hydrogen-bond donors (Lipinski definition) is 0. The molecule has 0 spiro atoms. The molecule has 1 aromatic carbocycles. The molecule has 0 saturated heterocycles. The van der Waals surface area contributed by atoms with Gasteiger partial charge in [0.25, 0.3) is 0 Å². The molecule has 1 heterocycles. The van der Waals surface area contributed by atoms with Crippen LogP contribution >= 0.6 is 7.55 Å². The van der Waals surface area contributed by atoms with Gasteiger partial charge in [-0.15, -0.1) is 0 Å². The molecule has 22 heavy (non-hydrogen) atoms. The molecule has 0 nitrogen and oxygen atoms in total. The second kappa shape index (κ2) is 5.30. The average Bonchev–Trinajstić information content (AvgIpc) is 2.95. The monoisotopic (exact) mass is 341 g/mol. The Morgan fingerprint density at radius 1 is 0.727 bits per heavy atom. The van der Waals surface area contributed by atoms with Crippen molar-refractivity contribution < 1.29 is 0 Å². The van der Waals surface area contributed by atoms with Gasteiger partial charge in [-0.3, -0.25) is 0 Å². The van der Waals surface area contributed by atoms with Crippen LogP contribution < -0.4 is 5.30 Å². The van der Waals surface area contributed by atoms with Crippen LogP contribution in [0.25, 0.3) is 0 Å². The molecule has 1 unspecified atom stereocenters. The van der Waals surface area contributed by atoms with Crippen LogP contribution in [0.1, 0.15) is 0 Å². The number of fused-ring (bicyclic) bond motifs is 1. The SMILES string of the molecule is C[Si](C)(C)C1=CC2=CC([Si](C)(C)C)=[P+](c3ccccc3)C2=C1. The van der Waals surface area contributed by atoms with Crippen LogP contribution in [0.5, 0.6) is 0 Å². The first-order valence-corrected chi connectivity index (χ1v) is 16.4. The van der Waals surface area contributed by atoms with Crippen molar-refractivity contribution in [3.8, 4) is 0 Å². The van der Waals surface area contributed by atoms with Gasteiger partial charge < -0.3 is 0 Å². The van der Waals surface area contributed by atoms with E-state index in [0.717, 1.165) is 0 Å². The largest absolute Gasteiger partial charge is 0.168 e. The Balaban J connectivity index is 2.16. The molecule has 0 radical (unpaired) electrons. The molecule has 0 N–H and O–H groups in total. The molecule has 0 saturated carbocycles. The summed E-state index contributed by atoms with van der Waals surface area (Å²) in [4.78, 5) is 1.75. The van der Waals surface area contributed by atoms with E-state index in [1.807, 2.05) is 0 Å². The molecule has 114 valence electrons. The first-order valence-electron chi connectivity index (χ1n) is 8.06. The van der Waals surface area contributed by atoms with Crippen molar-refractivity contribution in [1.29, 1.82) is 0 Å². The van der Waals surface area contributed by atoms with Crippen LogP contribution in [-0.4, -0.2) is 21.1 Å². The Labute approximate surface area is 138 Å². The number of hydrogen-bond acceptors (Lipinski definition) is 0. The summed E-state index contributed by atoms with van der Waals surface area (Å²) in [5.41, 5.74) is 1.52. The van der Waals surface area contributed by atoms with Crippen molar-refractivity contribution >= 4 is 33.9 Å². The van der Waals surface area contributed by atoms with Crippen molar-refractivity contribution in [2.45, 2.75) is 39.3 Å². The second-order valence-electron chi connectivity index (χ2n) is 8.29. The number of allylic oxidation sites excluding steroid dienone is 6. The Morgan fingerprint density at radius 2 is 1.36 bits per heavy atom. The average molecular weight is 342 g/mol. The van der Waals surface area contributed by atoms with E-state index in [1.54, 1.807) is 15.4 Å². The van der Waals surface area contributed by atoms with E-state index in [1.165, 1.54) is 10.9 Å². The van der Waals surface area contributed by atoms with E-state index in [0.29, 0.717) is 0 Å². The maximum atomic E-state index is 2.55. The van der Waals surface area contributed by atoms with E-state index in [4.69, 9.17) is 0 Å². The lowest BCUT2D eigenvalue weighted by atomic mass is 10.3. The highest BCUT2D eigenvalue weighted by Gasteiger charge is 2.43. The predicted octanol–water partition coefficient (Wildman–Crippen LogP) is 5.48. The molecule has 1 aromatic rings. The van der Waals surface area contributed by atoms with Gasteiger partial charge in [-0.1, -0.05) is 68.8 Å². The van der Waals surface area contributed by atoms with Crippen LogP contribution in [0.3, 0.4) is 0 Å². The predicted molar refractivity (Wildman–Crippen MR) is 109 cm³/mol. The standard InChI is InChI=1S/C19H26PSi2/c1-21(2,3)17-12-15-13-19(22(4,5)6)20(18(15)14-17)16-10-8-7-9-11-16/h7-14H,1-6H3/q+1. The zero-order chi connectivity index (χ0) is 16.1. The lowest BCUT2D eigenvalue weighted by Gasteiger charge is -2.15. The van der Waals surface area contributed by atoms with E-state index < -0.39 is 16.1 Å². The molecule has 0 bridgehead atoms. The van der Waals surface area contributed by atoms with Gasteiger partial charge in [0.1, 0.15) is 13.0 Å². The fourth-order valence-corrected chi connectivity index (χ4v) is 10.5. The van der Waals surface area contributed by atoms with Crippen molar-refractivity contribution in [1.82, 2.24) is 0 Å². The molecule has 3 heteroatoms. The Morgan fingerprint density at radius 3 is 1.91 bits per heavy atom. The summed E-state index contributed by atoms with van der Waals surface area (Å²) in [7, 11) is -2.81. The van der Waals surface area contributed by atoms with E-state index in [9.17, 15) is 0 Å². The van der Waals surface area contributed by atoms with Gasteiger partial charge in [0, 0.05) is 5.57 Å². The van der Waals surface area contributed by atoms with Gasteiger partial charge in [0.2, 0.25) is 0 Å². The molecule has 0 amide bonds. The summed E-state index contributed by atoms with van der Waals surface area (Å²) in [6, 6.07) is 11.2. The van der Waals surface area contributed by atoms with E-state index in [2.05, 4.69) is 87.8 Å². The Hall–Kier alpha value is -0.956. The maximum absolute atomic E-state index is 2.55. The minimum Gasteiger partial charge on any atom is -0.0656 e. The molecule has 3 rings (SSSR count). The van der Waals surface area contributed by atoms with Crippen LogP contribution in [0.4, 0.5) is 0 Å². The zero-order valence-electron chi connectivity index (χ0n) is 14.6. The molecule has 0 aromatic heterocycles. The third-order valence-electron chi connectivity index (χ3n) is 4.32. The molecule has 1 aliphatic heterocycles. The summed E-state index contributed by atoms with van der Waals surface area (Å²) in [6.45, 7) is 14.8. The fourth-order valence-electron chi connectivity index (χ4n) is 3.00. The van der Waals surface area contributed by atoms with Gasteiger partial charge in [-0.25, -0.2) is 0 Å². The van der Waals surface area contributed by atoms with Crippen molar-refractivity contribution in [2.24, 2.45) is 0 Å². The quantitative estimate of drug-likeness (QED) is 0.504. The fraction of sp³-hybridized carbons (Fsp3) is 0.316. The lowest BCUT2D eigenvalue weighted by molar-refractivity contribution is 1.67. The normalized spacial score (nSPS) is 19.8. The zero-order valence-corrected chi connectivity index (χ0v) is 17.5. The highest BCUT2D eigenvalue weighted by Crippen LogP contribution is 2.51. The maximum Gasteiger partial charge on any atom is 0.168 e. The highest BCUT2D eigenvalue weighted by atomic mass is 31.1. The minimum atomic E-state index is -1.29. The van der Waals surface area contributed by atoms with Crippen molar-refractivity contribution in [3.05, 3.63) is 64.6 Å². The summed E-state index contributed by atoms with van der Waals surface area (Å²) >= 11 is 0. The van der Waals surface area contributed by atoms with Crippen LogP contribution in [0, 0.1) is 0 Å². The second-order valence-corrected chi connectivity index (χ2v) is 21.0. The molecule has 1 aliphatic carbocycles. The summed E-state index contributed by atoms with van der Waals surface area (Å²) in [6.07, 6.45) is 7.58. The Kier molecular flexibility index (Phi) is 3.83. The number of rotatable bonds is 3. The van der Waals surface area contributed by atoms with Crippen molar-refractivity contribution in [2.75, 3.05) is 0 Å². The van der Waals surface area contributed by atoms with Crippen LogP contribution in [0.2, 0.25) is 39.3 Å². The minimum absolute atomic E-state index is 0.289. The van der Waals surface area contributed by atoms with Gasteiger partial charge in [0.05, 0.1) is 8.07 Å². The molecular weight excluding hydrogens is 315 g/mol. The highest BCUT2D eigenvalue weighted by molar-refractivity contribution is 7.76. The van der Waals surface area contributed by atoms with Crippen LogP contribution in [-0.2, 0) is 0 Å². The van der Waals surface area contributed by atoms with E-state index >= 15 is 0 Å². The molecule has 1 atom stereocenters. The smallest absolute Gasteiger partial charge is 0.0656 e. The summed E-state index contributed by atoms with van der Waals surface area (Å²) in [5, 5.41) is 4.76. The number of benzene rings is 1.